The lowest BCUT2D eigenvalue weighted by atomic mass is 10.0. The van der Waals surface area contributed by atoms with Crippen molar-refractivity contribution in [2.24, 2.45) is 5.73 Å². The standard InChI is InChI=1S/C9H6F7N.ClH/c10-6-2-1-4(7(17)9(14,15)16)3-5(6)8(11,12)13;/h1-3,7H,17H2;1H/t7-;/m0./s1. The second-order valence-corrected chi connectivity index (χ2v) is 3.26. The number of alkyl halides is 6. The highest BCUT2D eigenvalue weighted by Crippen LogP contribution is 2.36. The molecule has 9 heteroatoms. The van der Waals surface area contributed by atoms with E-state index in [-0.39, 0.29) is 18.5 Å². The molecule has 0 aliphatic rings. The zero-order valence-corrected chi connectivity index (χ0v) is 9.26. The van der Waals surface area contributed by atoms with Gasteiger partial charge in [0.05, 0.1) is 5.56 Å². The van der Waals surface area contributed by atoms with Crippen LogP contribution < -0.4 is 5.73 Å². The summed E-state index contributed by atoms with van der Waals surface area (Å²) in [7, 11) is 0. The van der Waals surface area contributed by atoms with Gasteiger partial charge in [-0.2, -0.15) is 26.3 Å². The van der Waals surface area contributed by atoms with Crippen LogP contribution in [0.5, 0.6) is 0 Å². The van der Waals surface area contributed by atoms with Gasteiger partial charge in [0.2, 0.25) is 0 Å². The average molecular weight is 298 g/mol. The number of rotatable bonds is 1. The van der Waals surface area contributed by atoms with E-state index in [0.717, 1.165) is 0 Å². The van der Waals surface area contributed by atoms with Gasteiger partial charge in [0.1, 0.15) is 11.9 Å². The van der Waals surface area contributed by atoms with Gasteiger partial charge in [-0.15, -0.1) is 12.4 Å². The Morgan fingerprint density at radius 3 is 1.89 bits per heavy atom. The molecule has 0 radical (unpaired) electrons. The molecule has 1 aromatic carbocycles. The van der Waals surface area contributed by atoms with Crippen LogP contribution in [0, 0.1) is 5.82 Å². The van der Waals surface area contributed by atoms with Crippen molar-refractivity contribution in [3.05, 3.63) is 35.1 Å². The van der Waals surface area contributed by atoms with Gasteiger partial charge in [0.25, 0.3) is 0 Å². The highest BCUT2D eigenvalue weighted by Gasteiger charge is 2.40. The van der Waals surface area contributed by atoms with Gasteiger partial charge in [-0.25, -0.2) is 4.39 Å². The first-order valence-corrected chi connectivity index (χ1v) is 4.22. The number of benzene rings is 1. The second-order valence-electron chi connectivity index (χ2n) is 3.26. The zero-order valence-electron chi connectivity index (χ0n) is 8.44. The Labute approximate surface area is 103 Å². The predicted octanol–water partition coefficient (Wildman–Crippen LogP) is 3.83. The van der Waals surface area contributed by atoms with Crippen LogP contribution in [0.4, 0.5) is 30.7 Å². The average Bonchev–Trinajstić information content (AvgIpc) is 2.14. The Bertz CT molecular complexity index is 412. The smallest absolute Gasteiger partial charge is 0.316 e. The minimum atomic E-state index is -5.06. The molecule has 18 heavy (non-hydrogen) atoms. The van der Waals surface area contributed by atoms with E-state index in [1.807, 2.05) is 0 Å². The third-order valence-electron chi connectivity index (χ3n) is 2.01. The molecule has 0 heterocycles. The molecule has 1 aromatic rings. The molecule has 2 N–H and O–H groups in total. The fraction of sp³-hybridized carbons (Fsp3) is 0.333. The molecule has 0 spiro atoms. The van der Waals surface area contributed by atoms with Gasteiger partial charge in [0.15, 0.2) is 0 Å². The van der Waals surface area contributed by atoms with E-state index in [2.05, 4.69) is 0 Å². The highest BCUT2D eigenvalue weighted by molar-refractivity contribution is 5.85. The number of hydrogen-bond donors (Lipinski definition) is 1. The molecule has 104 valence electrons. The normalized spacial score (nSPS) is 14.0. The molecule has 1 atom stereocenters. The molecule has 1 rings (SSSR count). The topological polar surface area (TPSA) is 26.0 Å². The van der Waals surface area contributed by atoms with Crippen molar-refractivity contribution in [3.8, 4) is 0 Å². The zero-order chi connectivity index (χ0) is 13.4. The van der Waals surface area contributed by atoms with Crippen LogP contribution in [0.25, 0.3) is 0 Å². The maximum atomic E-state index is 12.8. The van der Waals surface area contributed by atoms with E-state index in [0.29, 0.717) is 12.1 Å². The first kappa shape index (κ1) is 17.0. The third kappa shape index (κ3) is 3.74. The third-order valence-corrected chi connectivity index (χ3v) is 2.01. The Morgan fingerprint density at radius 2 is 1.50 bits per heavy atom. The first-order valence-electron chi connectivity index (χ1n) is 4.22. The van der Waals surface area contributed by atoms with E-state index in [4.69, 9.17) is 5.73 Å². The van der Waals surface area contributed by atoms with Gasteiger partial charge in [-0.3, -0.25) is 0 Å². The Balaban J connectivity index is 0.00000289. The van der Waals surface area contributed by atoms with Crippen molar-refractivity contribution in [1.82, 2.24) is 0 Å². The van der Waals surface area contributed by atoms with Crippen molar-refractivity contribution in [2.75, 3.05) is 0 Å². The lowest BCUT2D eigenvalue weighted by Gasteiger charge is -2.17. The van der Waals surface area contributed by atoms with Crippen molar-refractivity contribution >= 4 is 12.4 Å². The van der Waals surface area contributed by atoms with Gasteiger partial charge >= 0.3 is 12.4 Å². The summed E-state index contributed by atoms with van der Waals surface area (Å²) in [6, 6.07) is -1.64. The summed E-state index contributed by atoms with van der Waals surface area (Å²) in [5.74, 6) is -1.64. The Kier molecular flexibility index (Phi) is 5.01. The maximum Gasteiger partial charge on any atom is 0.419 e. The van der Waals surface area contributed by atoms with E-state index in [9.17, 15) is 30.7 Å². The highest BCUT2D eigenvalue weighted by atomic mass is 35.5. The van der Waals surface area contributed by atoms with Gasteiger partial charge in [0, 0.05) is 0 Å². The lowest BCUT2D eigenvalue weighted by molar-refractivity contribution is -0.150. The van der Waals surface area contributed by atoms with E-state index < -0.39 is 35.3 Å². The number of nitrogens with two attached hydrogens (primary N) is 1. The minimum absolute atomic E-state index is 0. The number of hydrogen-bond acceptors (Lipinski definition) is 1. The maximum absolute atomic E-state index is 12.8. The van der Waals surface area contributed by atoms with Crippen LogP contribution >= 0.6 is 12.4 Å². The summed E-state index contributed by atoms with van der Waals surface area (Å²) >= 11 is 0. The fourth-order valence-electron chi connectivity index (χ4n) is 1.14. The van der Waals surface area contributed by atoms with Crippen LogP contribution in [0.15, 0.2) is 18.2 Å². The van der Waals surface area contributed by atoms with Crippen molar-refractivity contribution < 1.29 is 30.7 Å². The molecular formula is C9H7ClF7N. The molecule has 0 aliphatic carbocycles. The van der Waals surface area contributed by atoms with Crippen LogP contribution in [0.2, 0.25) is 0 Å². The lowest BCUT2D eigenvalue weighted by Crippen LogP contribution is -2.28. The molecule has 0 saturated carbocycles. The van der Waals surface area contributed by atoms with Crippen molar-refractivity contribution in [1.29, 1.82) is 0 Å². The van der Waals surface area contributed by atoms with Gasteiger partial charge in [-0.05, 0) is 17.7 Å². The fourth-order valence-corrected chi connectivity index (χ4v) is 1.14. The van der Waals surface area contributed by atoms with E-state index >= 15 is 0 Å². The van der Waals surface area contributed by atoms with E-state index in [1.54, 1.807) is 0 Å². The van der Waals surface area contributed by atoms with Crippen LogP contribution in [-0.4, -0.2) is 6.18 Å². The molecule has 0 amide bonds. The van der Waals surface area contributed by atoms with Crippen LogP contribution in [-0.2, 0) is 6.18 Å². The Morgan fingerprint density at radius 1 is 1.00 bits per heavy atom. The van der Waals surface area contributed by atoms with Gasteiger partial charge < -0.3 is 5.73 Å². The van der Waals surface area contributed by atoms with Crippen molar-refractivity contribution in [3.63, 3.8) is 0 Å². The largest absolute Gasteiger partial charge is 0.419 e. The molecule has 0 aromatic heterocycles. The van der Waals surface area contributed by atoms with Crippen LogP contribution in [0.1, 0.15) is 17.2 Å². The summed E-state index contributed by atoms with van der Waals surface area (Å²) in [6.07, 6.45) is -9.95. The van der Waals surface area contributed by atoms with Gasteiger partial charge in [-0.1, -0.05) is 6.07 Å². The molecule has 0 aliphatic heterocycles. The monoisotopic (exact) mass is 297 g/mol. The molecule has 0 fully saturated rings. The molecule has 0 unspecified atom stereocenters. The van der Waals surface area contributed by atoms with E-state index in [1.165, 1.54) is 0 Å². The second kappa shape index (κ2) is 5.31. The predicted molar refractivity (Wildman–Crippen MR) is 51.6 cm³/mol. The van der Waals surface area contributed by atoms with Crippen LogP contribution in [0.3, 0.4) is 0 Å². The first-order chi connectivity index (χ1) is 7.53. The summed E-state index contributed by atoms with van der Waals surface area (Å²) in [5.41, 5.74) is 2.11. The summed E-state index contributed by atoms with van der Waals surface area (Å²) in [5, 5.41) is 0. The molecule has 0 bridgehead atoms. The SMILES string of the molecule is Cl.N[C@@H](c1ccc(F)c(C(F)(F)F)c1)C(F)(F)F. The summed E-state index contributed by atoms with van der Waals surface area (Å²) in [4.78, 5) is 0. The summed E-state index contributed by atoms with van der Waals surface area (Å²) < 4.78 is 86.0. The molecule has 0 saturated heterocycles. The summed E-state index contributed by atoms with van der Waals surface area (Å²) in [6.45, 7) is 0. The Hall–Kier alpha value is -1.02. The molecule has 1 nitrogen and oxygen atoms in total. The van der Waals surface area contributed by atoms with Crippen molar-refractivity contribution in [2.45, 2.75) is 18.4 Å². The minimum Gasteiger partial charge on any atom is -0.316 e. The quantitative estimate of drug-likeness (QED) is 0.783. The number of halogens is 8. The molecular weight excluding hydrogens is 291 g/mol.